The SMILES string of the molecule is CN(C(=O)Nc1cc(C(C)(C)C(F)(F)F)on1)C1CC2(C1)CN(C(=O)c1cnn3ccccc13)C2. The molecule has 1 saturated heterocycles. The molecule has 5 rings (SSSR count). The fourth-order valence-corrected chi connectivity index (χ4v) is 4.78. The number of rotatable bonds is 4. The lowest BCUT2D eigenvalue weighted by Gasteiger charge is -2.60. The quantitative estimate of drug-likeness (QED) is 0.598. The van der Waals surface area contributed by atoms with E-state index >= 15 is 0 Å². The van der Waals surface area contributed by atoms with Crippen LogP contribution in [0.1, 0.15) is 42.8 Å². The molecule has 4 heterocycles. The van der Waals surface area contributed by atoms with E-state index in [0.29, 0.717) is 18.7 Å². The fraction of sp³-hybridized carbons (Fsp3) is 0.478. The molecule has 0 atom stereocenters. The van der Waals surface area contributed by atoms with E-state index in [4.69, 9.17) is 4.52 Å². The lowest BCUT2D eigenvalue weighted by Crippen LogP contribution is -2.67. The van der Waals surface area contributed by atoms with Gasteiger partial charge >= 0.3 is 12.2 Å². The van der Waals surface area contributed by atoms with Crippen LogP contribution < -0.4 is 5.32 Å². The maximum atomic E-state index is 13.2. The highest BCUT2D eigenvalue weighted by atomic mass is 19.4. The van der Waals surface area contributed by atoms with E-state index in [2.05, 4.69) is 15.6 Å². The Labute approximate surface area is 198 Å². The molecule has 0 bridgehead atoms. The van der Waals surface area contributed by atoms with E-state index in [1.807, 2.05) is 18.2 Å². The van der Waals surface area contributed by atoms with Gasteiger partial charge in [-0.25, -0.2) is 9.31 Å². The number of amides is 3. The number of carbonyl (C=O) groups is 2. The Kier molecular flexibility index (Phi) is 5.11. The van der Waals surface area contributed by atoms with Crippen LogP contribution in [0.5, 0.6) is 0 Å². The third-order valence-electron chi connectivity index (χ3n) is 7.27. The van der Waals surface area contributed by atoms with Gasteiger partial charge in [-0.3, -0.25) is 10.1 Å². The van der Waals surface area contributed by atoms with Gasteiger partial charge in [-0.1, -0.05) is 11.2 Å². The molecular formula is C23H25F3N6O3. The predicted octanol–water partition coefficient (Wildman–Crippen LogP) is 3.93. The molecule has 3 aromatic rings. The highest BCUT2D eigenvalue weighted by Crippen LogP contribution is 2.50. The molecule has 1 aliphatic carbocycles. The van der Waals surface area contributed by atoms with Crippen LogP contribution in [0.25, 0.3) is 5.52 Å². The van der Waals surface area contributed by atoms with Crippen molar-refractivity contribution in [2.75, 3.05) is 25.5 Å². The third kappa shape index (κ3) is 3.80. The van der Waals surface area contributed by atoms with E-state index in [9.17, 15) is 22.8 Å². The molecule has 12 heteroatoms. The van der Waals surface area contributed by atoms with Crippen LogP contribution in [-0.4, -0.2) is 68.9 Å². The summed E-state index contributed by atoms with van der Waals surface area (Å²) in [5, 5.41) is 10.3. The molecule has 2 aliphatic rings. The maximum absolute atomic E-state index is 13.2. The average Bonchev–Trinajstić information content (AvgIpc) is 3.38. The van der Waals surface area contributed by atoms with Gasteiger partial charge in [0.2, 0.25) is 0 Å². The predicted molar refractivity (Wildman–Crippen MR) is 119 cm³/mol. The zero-order valence-electron chi connectivity index (χ0n) is 19.5. The number of nitrogens with zero attached hydrogens (tertiary/aromatic N) is 5. The highest BCUT2D eigenvalue weighted by molar-refractivity contribution is 6.01. The van der Waals surface area contributed by atoms with Gasteiger partial charge in [-0.05, 0) is 38.8 Å². The van der Waals surface area contributed by atoms with Crippen LogP contribution in [0.3, 0.4) is 0 Å². The van der Waals surface area contributed by atoms with Crippen LogP contribution in [0.2, 0.25) is 0 Å². The topological polar surface area (TPSA) is 96.0 Å². The van der Waals surface area contributed by atoms with Gasteiger partial charge < -0.3 is 14.3 Å². The second kappa shape index (κ2) is 7.72. The number of urea groups is 1. The number of aromatic nitrogens is 3. The maximum Gasteiger partial charge on any atom is 0.401 e. The molecule has 3 aromatic heterocycles. The number of hydrogen-bond acceptors (Lipinski definition) is 5. The highest BCUT2D eigenvalue weighted by Gasteiger charge is 2.55. The van der Waals surface area contributed by atoms with Gasteiger partial charge in [0, 0.05) is 43.9 Å². The molecule has 0 unspecified atom stereocenters. The minimum Gasteiger partial charge on any atom is -0.358 e. The molecule has 3 amide bonds. The van der Waals surface area contributed by atoms with Crippen molar-refractivity contribution in [2.24, 2.45) is 5.41 Å². The van der Waals surface area contributed by atoms with Crippen molar-refractivity contribution in [2.45, 2.75) is 44.3 Å². The van der Waals surface area contributed by atoms with E-state index in [-0.39, 0.29) is 28.9 Å². The van der Waals surface area contributed by atoms with Crippen molar-refractivity contribution >= 4 is 23.3 Å². The van der Waals surface area contributed by atoms with Crippen molar-refractivity contribution in [1.82, 2.24) is 24.6 Å². The van der Waals surface area contributed by atoms with Gasteiger partial charge in [0.15, 0.2) is 11.6 Å². The Hall–Kier alpha value is -3.57. The van der Waals surface area contributed by atoms with E-state index in [1.54, 1.807) is 28.9 Å². The fourth-order valence-electron chi connectivity index (χ4n) is 4.78. The van der Waals surface area contributed by atoms with Gasteiger partial charge in [-0.2, -0.15) is 18.3 Å². The third-order valence-corrected chi connectivity index (χ3v) is 7.27. The first-order chi connectivity index (χ1) is 16.4. The molecule has 0 aromatic carbocycles. The molecule has 0 radical (unpaired) electrons. The number of anilines is 1. The van der Waals surface area contributed by atoms with Crippen LogP contribution >= 0.6 is 0 Å². The standard InChI is InChI=1S/C23H25F3N6O3/c1-21(2,23(24,25)26)17-8-18(29-35-17)28-20(34)30(3)14-9-22(10-14)12-31(13-22)19(33)15-11-27-32-7-5-4-6-16(15)32/h4-8,11,14H,9-10,12-13H2,1-3H3,(H,28,29,34). The minimum atomic E-state index is -4.52. The number of halogens is 3. The number of nitrogens with one attached hydrogen (secondary N) is 1. The molecule has 1 spiro atoms. The van der Waals surface area contributed by atoms with Crippen LogP contribution in [-0.2, 0) is 5.41 Å². The van der Waals surface area contributed by atoms with Gasteiger partial charge in [0.25, 0.3) is 5.91 Å². The molecule has 1 N–H and O–H groups in total. The Balaban J connectivity index is 1.14. The second-order valence-electron chi connectivity index (χ2n) is 10.1. The van der Waals surface area contributed by atoms with Crippen LogP contribution in [0.15, 0.2) is 41.2 Å². The van der Waals surface area contributed by atoms with Crippen LogP contribution in [0.4, 0.5) is 23.8 Å². The lowest BCUT2D eigenvalue weighted by molar-refractivity contribution is -0.185. The summed E-state index contributed by atoms with van der Waals surface area (Å²) >= 11 is 0. The normalized spacial score (nSPS) is 17.8. The van der Waals surface area contributed by atoms with E-state index < -0.39 is 17.6 Å². The zero-order chi connectivity index (χ0) is 25.2. The summed E-state index contributed by atoms with van der Waals surface area (Å²) < 4.78 is 46.1. The van der Waals surface area contributed by atoms with Gasteiger partial charge in [0.1, 0.15) is 5.41 Å². The second-order valence-corrected chi connectivity index (χ2v) is 10.1. The molecule has 35 heavy (non-hydrogen) atoms. The van der Waals surface area contributed by atoms with Crippen molar-refractivity contribution < 1.29 is 27.3 Å². The monoisotopic (exact) mass is 490 g/mol. The Bertz CT molecular complexity index is 1280. The van der Waals surface area contributed by atoms with Crippen LogP contribution in [0, 0.1) is 5.41 Å². The first kappa shape index (κ1) is 23.2. The summed E-state index contributed by atoms with van der Waals surface area (Å²) in [6.45, 7) is 3.20. The largest absolute Gasteiger partial charge is 0.401 e. The van der Waals surface area contributed by atoms with Gasteiger partial charge in [0.05, 0.1) is 17.3 Å². The minimum absolute atomic E-state index is 0.0182. The number of fused-ring (bicyclic) bond motifs is 1. The lowest BCUT2D eigenvalue weighted by atomic mass is 9.60. The van der Waals surface area contributed by atoms with Gasteiger partial charge in [-0.15, -0.1) is 0 Å². The Morgan fingerprint density at radius 2 is 1.94 bits per heavy atom. The Morgan fingerprint density at radius 1 is 1.23 bits per heavy atom. The zero-order valence-corrected chi connectivity index (χ0v) is 19.5. The first-order valence-corrected chi connectivity index (χ1v) is 11.2. The summed E-state index contributed by atoms with van der Waals surface area (Å²) in [5.74, 6) is -0.511. The molecule has 186 valence electrons. The number of hydrogen-bond donors (Lipinski definition) is 1. The summed E-state index contributed by atoms with van der Waals surface area (Å²) in [4.78, 5) is 28.8. The first-order valence-electron chi connectivity index (χ1n) is 11.2. The van der Waals surface area contributed by atoms with Crippen molar-refractivity contribution in [3.8, 4) is 0 Å². The summed E-state index contributed by atoms with van der Waals surface area (Å²) in [7, 11) is 1.63. The number of alkyl halides is 3. The number of likely N-dealkylation sites (tertiary alicyclic amines) is 1. The van der Waals surface area contributed by atoms with E-state index in [1.165, 1.54) is 4.90 Å². The molecule has 2 fully saturated rings. The number of carbonyl (C=O) groups excluding carboxylic acids is 2. The summed E-state index contributed by atoms with van der Waals surface area (Å²) in [6, 6.07) is 6.14. The Morgan fingerprint density at radius 3 is 2.63 bits per heavy atom. The number of pyridine rings is 1. The van der Waals surface area contributed by atoms with Crippen molar-refractivity contribution in [3.63, 3.8) is 0 Å². The van der Waals surface area contributed by atoms with Crippen molar-refractivity contribution in [3.05, 3.63) is 48.0 Å². The molecular weight excluding hydrogens is 465 g/mol. The molecule has 1 aliphatic heterocycles. The molecule has 1 saturated carbocycles. The average molecular weight is 490 g/mol. The smallest absolute Gasteiger partial charge is 0.358 e. The summed E-state index contributed by atoms with van der Waals surface area (Å²) in [6.07, 6.45) is 0.323. The van der Waals surface area contributed by atoms with E-state index in [0.717, 1.165) is 38.3 Å². The molecule has 9 nitrogen and oxygen atoms in total. The summed E-state index contributed by atoms with van der Waals surface area (Å²) in [5.41, 5.74) is -0.925. The van der Waals surface area contributed by atoms with Crippen molar-refractivity contribution in [1.29, 1.82) is 0 Å².